The lowest BCUT2D eigenvalue weighted by Crippen LogP contribution is -2.08. The largest absolute Gasteiger partial charge is 0.349 e. The van der Waals surface area contributed by atoms with Crippen LogP contribution in [0.2, 0.25) is 0 Å². The fourth-order valence-corrected chi connectivity index (χ4v) is 2.79. The molecule has 0 saturated heterocycles. The molecule has 0 amide bonds. The highest BCUT2D eigenvalue weighted by atomic mass is 19.1. The molecule has 0 aliphatic heterocycles. The molecule has 0 spiro atoms. The monoisotopic (exact) mass is 351 g/mol. The van der Waals surface area contributed by atoms with Crippen LogP contribution in [0.5, 0.6) is 0 Å². The molecule has 134 valence electrons. The molecular formula is C20H22FN5. The van der Waals surface area contributed by atoms with Crippen LogP contribution in [0.1, 0.15) is 30.5 Å². The number of benzene rings is 2. The zero-order chi connectivity index (χ0) is 18.4. The zero-order valence-corrected chi connectivity index (χ0v) is 15.0. The quantitative estimate of drug-likeness (QED) is 0.657. The average Bonchev–Trinajstić information content (AvgIpc) is 2.68. The minimum absolute atomic E-state index is 0.258. The maximum atomic E-state index is 13.7. The summed E-state index contributed by atoms with van der Waals surface area (Å²) in [7, 11) is 0. The van der Waals surface area contributed by atoms with Gasteiger partial charge in [0.2, 0.25) is 5.95 Å². The first-order valence-corrected chi connectivity index (χ1v) is 8.76. The van der Waals surface area contributed by atoms with Crippen LogP contribution in [-0.4, -0.2) is 15.2 Å². The Morgan fingerprint density at radius 1 is 0.923 bits per heavy atom. The van der Waals surface area contributed by atoms with Gasteiger partial charge in [0, 0.05) is 17.8 Å². The van der Waals surface area contributed by atoms with Crippen molar-refractivity contribution in [3.05, 3.63) is 71.2 Å². The van der Waals surface area contributed by atoms with Gasteiger partial charge in [-0.25, -0.2) is 4.39 Å². The van der Waals surface area contributed by atoms with E-state index >= 15 is 0 Å². The van der Waals surface area contributed by atoms with Gasteiger partial charge in [-0.15, -0.1) is 5.10 Å². The Balaban J connectivity index is 1.77. The van der Waals surface area contributed by atoms with E-state index in [9.17, 15) is 4.39 Å². The lowest BCUT2D eigenvalue weighted by Gasteiger charge is -2.15. The van der Waals surface area contributed by atoms with Crippen molar-refractivity contribution in [2.75, 3.05) is 10.6 Å². The lowest BCUT2D eigenvalue weighted by molar-refractivity contribution is 0.612. The first kappa shape index (κ1) is 17.8. The molecule has 26 heavy (non-hydrogen) atoms. The minimum Gasteiger partial charge on any atom is -0.349 e. The van der Waals surface area contributed by atoms with Crippen molar-refractivity contribution in [3.63, 3.8) is 0 Å². The van der Waals surface area contributed by atoms with E-state index in [-0.39, 0.29) is 5.82 Å². The number of halogens is 1. The fourth-order valence-electron chi connectivity index (χ4n) is 2.79. The molecule has 2 aromatic carbocycles. The molecule has 0 saturated carbocycles. The smallest absolute Gasteiger partial charge is 0.244 e. The first-order chi connectivity index (χ1) is 12.7. The van der Waals surface area contributed by atoms with Crippen LogP contribution in [0, 0.1) is 5.82 Å². The number of nitrogens with zero attached hydrogens (tertiary/aromatic N) is 3. The van der Waals surface area contributed by atoms with Gasteiger partial charge in [-0.3, -0.25) is 0 Å². The van der Waals surface area contributed by atoms with Crippen LogP contribution in [0.15, 0.2) is 48.7 Å². The summed E-state index contributed by atoms with van der Waals surface area (Å²) in [4.78, 5) is 4.45. The van der Waals surface area contributed by atoms with Crippen LogP contribution >= 0.6 is 0 Å². The number of hydrogen-bond donors (Lipinski definition) is 2. The second-order valence-corrected chi connectivity index (χ2v) is 5.89. The zero-order valence-electron chi connectivity index (χ0n) is 15.0. The van der Waals surface area contributed by atoms with Gasteiger partial charge in [-0.05, 0) is 30.0 Å². The van der Waals surface area contributed by atoms with Crippen molar-refractivity contribution in [2.24, 2.45) is 0 Å². The normalized spacial score (nSPS) is 10.6. The fraction of sp³-hybridized carbons (Fsp3) is 0.250. The number of anilines is 3. The second-order valence-electron chi connectivity index (χ2n) is 5.89. The third-order valence-corrected chi connectivity index (χ3v) is 4.21. The molecule has 5 nitrogen and oxygen atoms in total. The minimum atomic E-state index is -0.258. The van der Waals surface area contributed by atoms with Gasteiger partial charge in [-0.2, -0.15) is 10.1 Å². The number of aromatic nitrogens is 3. The summed E-state index contributed by atoms with van der Waals surface area (Å²) in [5, 5.41) is 14.4. The van der Waals surface area contributed by atoms with Crippen molar-refractivity contribution < 1.29 is 4.39 Å². The summed E-state index contributed by atoms with van der Waals surface area (Å²) in [6.45, 7) is 4.54. The predicted octanol–water partition coefficient (Wildman–Crippen LogP) is 4.49. The van der Waals surface area contributed by atoms with E-state index < -0.39 is 0 Å². The average molecular weight is 351 g/mol. The molecule has 1 aromatic heterocycles. The van der Waals surface area contributed by atoms with Crippen molar-refractivity contribution in [1.29, 1.82) is 0 Å². The summed E-state index contributed by atoms with van der Waals surface area (Å²) >= 11 is 0. The highest BCUT2D eigenvalue weighted by Crippen LogP contribution is 2.25. The molecule has 0 aliphatic rings. The number of aryl methyl sites for hydroxylation is 2. The Hall–Kier alpha value is -3.02. The van der Waals surface area contributed by atoms with E-state index in [0.717, 1.165) is 18.5 Å². The molecule has 0 radical (unpaired) electrons. The predicted molar refractivity (Wildman–Crippen MR) is 102 cm³/mol. The van der Waals surface area contributed by atoms with Gasteiger partial charge in [0.05, 0.1) is 6.20 Å². The number of hydrogen-bond acceptors (Lipinski definition) is 5. The summed E-state index contributed by atoms with van der Waals surface area (Å²) in [6, 6.07) is 12.9. The van der Waals surface area contributed by atoms with Crippen molar-refractivity contribution in [1.82, 2.24) is 15.2 Å². The molecule has 2 N–H and O–H groups in total. The van der Waals surface area contributed by atoms with Crippen LogP contribution in [0.4, 0.5) is 21.8 Å². The van der Waals surface area contributed by atoms with Gasteiger partial charge in [-0.1, -0.05) is 50.2 Å². The van der Waals surface area contributed by atoms with E-state index in [0.29, 0.717) is 23.9 Å². The molecule has 0 atom stereocenters. The van der Waals surface area contributed by atoms with E-state index in [2.05, 4.69) is 57.9 Å². The van der Waals surface area contributed by atoms with E-state index in [1.807, 2.05) is 0 Å². The van der Waals surface area contributed by atoms with Crippen molar-refractivity contribution in [2.45, 2.75) is 33.2 Å². The molecule has 6 heteroatoms. The van der Waals surface area contributed by atoms with E-state index in [4.69, 9.17) is 0 Å². The highest BCUT2D eigenvalue weighted by molar-refractivity contribution is 5.65. The second kappa shape index (κ2) is 8.38. The van der Waals surface area contributed by atoms with Crippen molar-refractivity contribution >= 4 is 17.5 Å². The molecular weight excluding hydrogens is 329 g/mol. The molecule has 0 aliphatic carbocycles. The molecule has 0 fully saturated rings. The summed E-state index contributed by atoms with van der Waals surface area (Å²) < 4.78 is 13.7. The Labute approximate surface area is 152 Å². The molecule has 3 aromatic rings. The third-order valence-electron chi connectivity index (χ3n) is 4.21. The molecule has 1 heterocycles. The van der Waals surface area contributed by atoms with Crippen LogP contribution in [-0.2, 0) is 19.4 Å². The Bertz CT molecular complexity index is 859. The van der Waals surface area contributed by atoms with Gasteiger partial charge >= 0.3 is 0 Å². The number of para-hydroxylation sites is 1. The van der Waals surface area contributed by atoms with Gasteiger partial charge < -0.3 is 10.6 Å². The van der Waals surface area contributed by atoms with Crippen LogP contribution < -0.4 is 10.6 Å². The first-order valence-electron chi connectivity index (χ1n) is 8.76. The maximum Gasteiger partial charge on any atom is 0.244 e. The molecule has 0 unspecified atom stereocenters. The van der Waals surface area contributed by atoms with E-state index in [1.165, 1.54) is 17.2 Å². The SMILES string of the molecule is CCc1cccc(CC)c1Nc1cnnc(NCc2ccccc2F)n1. The highest BCUT2D eigenvalue weighted by Gasteiger charge is 2.09. The Kier molecular flexibility index (Phi) is 5.73. The van der Waals surface area contributed by atoms with Gasteiger partial charge in [0.15, 0.2) is 5.82 Å². The van der Waals surface area contributed by atoms with Crippen LogP contribution in [0.25, 0.3) is 0 Å². The Morgan fingerprint density at radius 2 is 1.62 bits per heavy atom. The molecule has 0 bridgehead atoms. The number of nitrogens with one attached hydrogen (secondary N) is 2. The molecule has 3 rings (SSSR count). The summed E-state index contributed by atoms with van der Waals surface area (Å²) in [6.07, 6.45) is 3.43. The van der Waals surface area contributed by atoms with Crippen molar-refractivity contribution in [3.8, 4) is 0 Å². The topological polar surface area (TPSA) is 62.7 Å². The van der Waals surface area contributed by atoms with Gasteiger partial charge in [0.25, 0.3) is 0 Å². The Morgan fingerprint density at radius 3 is 2.31 bits per heavy atom. The lowest BCUT2D eigenvalue weighted by atomic mass is 10.0. The maximum absolute atomic E-state index is 13.7. The van der Waals surface area contributed by atoms with Crippen LogP contribution in [0.3, 0.4) is 0 Å². The van der Waals surface area contributed by atoms with E-state index in [1.54, 1.807) is 24.4 Å². The van der Waals surface area contributed by atoms with Gasteiger partial charge in [0.1, 0.15) is 5.82 Å². The summed E-state index contributed by atoms with van der Waals surface area (Å²) in [5.74, 6) is 0.698. The third kappa shape index (κ3) is 4.14. The number of rotatable bonds is 7. The standard InChI is InChI=1S/C20H22FN5/c1-3-14-9-7-10-15(4-2)19(14)24-18-13-23-26-20(25-18)22-12-16-8-5-6-11-17(16)21/h5-11,13H,3-4,12H2,1-2H3,(H2,22,24,25,26). The summed E-state index contributed by atoms with van der Waals surface area (Å²) in [5.41, 5.74) is 4.07.